The molecular weight excluding hydrogens is 297 g/mol. The lowest BCUT2D eigenvalue weighted by Gasteiger charge is -2.08. The van der Waals surface area contributed by atoms with Gasteiger partial charge in [-0.05, 0) is 66.2 Å². The number of nitrogens with zero attached hydrogens (tertiary/aromatic N) is 1. The van der Waals surface area contributed by atoms with Crippen molar-refractivity contribution < 1.29 is 19.0 Å². The first-order chi connectivity index (χ1) is 11.0. The lowest BCUT2D eigenvalue weighted by Crippen LogP contribution is -2.04. The fourth-order valence-corrected chi connectivity index (χ4v) is 2.35. The molecule has 0 unspecified atom stereocenters. The quantitative estimate of drug-likeness (QED) is 0.780. The molecule has 1 N–H and O–H groups in total. The highest BCUT2D eigenvalue weighted by atomic mass is 19.1. The van der Waals surface area contributed by atoms with Crippen molar-refractivity contribution in [1.82, 2.24) is 4.57 Å². The van der Waals surface area contributed by atoms with Gasteiger partial charge in [-0.2, -0.15) is 0 Å². The number of benzene rings is 2. The van der Waals surface area contributed by atoms with E-state index in [4.69, 9.17) is 9.84 Å². The minimum Gasteiger partial charge on any atom is -0.477 e. The van der Waals surface area contributed by atoms with E-state index in [9.17, 15) is 9.18 Å². The third kappa shape index (κ3) is 3.08. The van der Waals surface area contributed by atoms with Crippen LogP contribution in [0.4, 0.5) is 4.39 Å². The molecule has 0 saturated carbocycles. The molecule has 0 saturated heterocycles. The van der Waals surface area contributed by atoms with Crippen LogP contribution in [0.2, 0.25) is 0 Å². The van der Waals surface area contributed by atoms with Crippen molar-refractivity contribution in [3.8, 4) is 22.8 Å². The van der Waals surface area contributed by atoms with Gasteiger partial charge in [0.15, 0.2) is 0 Å². The Kier molecular flexibility index (Phi) is 3.85. The summed E-state index contributed by atoms with van der Waals surface area (Å²) in [4.78, 5) is 11.1. The van der Waals surface area contributed by atoms with E-state index in [0.29, 0.717) is 11.5 Å². The molecular formula is C18H14FNO3. The first-order valence-electron chi connectivity index (χ1n) is 6.97. The Hall–Kier alpha value is -3.08. The Morgan fingerprint density at radius 1 is 0.957 bits per heavy atom. The fourth-order valence-electron chi connectivity index (χ4n) is 2.35. The van der Waals surface area contributed by atoms with Crippen molar-refractivity contribution >= 4 is 5.97 Å². The van der Waals surface area contributed by atoms with Gasteiger partial charge in [0, 0.05) is 12.7 Å². The van der Waals surface area contributed by atoms with Crippen LogP contribution in [0.25, 0.3) is 11.3 Å². The normalized spacial score (nSPS) is 10.5. The summed E-state index contributed by atoms with van der Waals surface area (Å²) in [5, 5.41) is 9.09. The number of rotatable bonds is 4. The summed E-state index contributed by atoms with van der Waals surface area (Å²) in [5.74, 6) is -0.111. The Morgan fingerprint density at radius 2 is 1.52 bits per heavy atom. The molecule has 3 rings (SSSR count). The van der Waals surface area contributed by atoms with Gasteiger partial charge < -0.3 is 14.4 Å². The number of halogens is 1. The highest BCUT2D eigenvalue weighted by Crippen LogP contribution is 2.27. The summed E-state index contributed by atoms with van der Waals surface area (Å²) < 4.78 is 20.1. The molecule has 23 heavy (non-hydrogen) atoms. The molecule has 0 bridgehead atoms. The maximum absolute atomic E-state index is 12.9. The molecule has 0 spiro atoms. The van der Waals surface area contributed by atoms with Crippen molar-refractivity contribution in [2.24, 2.45) is 7.05 Å². The molecule has 0 amide bonds. The van der Waals surface area contributed by atoms with Gasteiger partial charge in [0.2, 0.25) is 0 Å². The smallest absolute Gasteiger partial charge is 0.352 e. The van der Waals surface area contributed by atoms with Gasteiger partial charge in [-0.1, -0.05) is 0 Å². The fraction of sp³-hybridized carbons (Fsp3) is 0.0556. The average Bonchev–Trinajstić information content (AvgIpc) is 2.92. The molecule has 2 aromatic carbocycles. The van der Waals surface area contributed by atoms with Gasteiger partial charge in [0.25, 0.3) is 0 Å². The zero-order valence-corrected chi connectivity index (χ0v) is 12.4. The average molecular weight is 311 g/mol. The molecule has 1 heterocycles. The largest absolute Gasteiger partial charge is 0.477 e. The number of carboxylic acid groups (broad SMARTS) is 1. The number of ether oxygens (including phenoxy) is 1. The minimum absolute atomic E-state index is 0.228. The van der Waals surface area contributed by atoms with E-state index in [1.54, 1.807) is 48.0 Å². The van der Waals surface area contributed by atoms with Crippen LogP contribution in [0.5, 0.6) is 11.5 Å². The summed E-state index contributed by atoms with van der Waals surface area (Å²) in [5.41, 5.74) is 1.91. The number of aromatic nitrogens is 1. The Morgan fingerprint density at radius 3 is 2.04 bits per heavy atom. The van der Waals surface area contributed by atoms with Crippen molar-refractivity contribution in [3.63, 3.8) is 0 Å². The molecule has 4 nitrogen and oxygen atoms in total. The van der Waals surface area contributed by atoms with Crippen LogP contribution >= 0.6 is 0 Å². The van der Waals surface area contributed by atoms with Crippen molar-refractivity contribution in [2.75, 3.05) is 0 Å². The predicted molar refractivity (Wildman–Crippen MR) is 84.3 cm³/mol. The molecule has 0 aliphatic heterocycles. The molecule has 116 valence electrons. The second kappa shape index (κ2) is 5.96. The maximum Gasteiger partial charge on any atom is 0.352 e. The van der Waals surface area contributed by atoms with Gasteiger partial charge in [0.05, 0.1) is 0 Å². The van der Waals surface area contributed by atoms with Crippen LogP contribution in [0.1, 0.15) is 10.5 Å². The number of carbonyl (C=O) groups is 1. The van der Waals surface area contributed by atoms with Gasteiger partial charge in [-0.25, -0.2) is 9.18 Å². The number of carboxylic acids is 1. The topological polar surface area (TPSA) is 51.5 Å². The molecule has 0 aliphatic carbocycles. The Bertz CT molecular complexity index is 836. The maximum atomic E-state index is 12.9. The second-order valence-corrected chi connectivity index (χ2v) is 5.05. The molecule has 1 aromatic heterocycles. The van der Waals surface area contributed by atoms with E-state index >= 15 is 0 Å². The molecule has 0 atom stereocenters. The Labute approximate surface area is 132 Å². The zero-order chi connectivity index (χ0) is 16.4. The third-order valence-electron chi connectivity index (χ3n) is 3.54. The third-order valence-corrected chi connectivity index (χ3v) is 3.54. The molecule has 0 fully saturated rings. The van der Waals surface area contributed by atoms with E-state index in [-0.39, 0.29) is 11.5 Å². The van der Waals surface area contributed by atoms with Crippen molar-refractivity contribution in [2.45, 2.75) is 0 Å². The first-order valence-corrected chi connectivity index (χ1v) is 6.97. The van der Waals surface area contributed by atoms with Crippen LogP contribution < -0.4 is 4.74 Å². The summed E-state index contributed by atoms with van der Waals surface area (Å²) in [7, 11) is 1.71. The van der Waals surface area contributed by atoms with Crippen LogP contribution in [-0.2, 0) is 7.05 Å². The summed E-state index contributed by atoms with van der Waals surface area (Å²) in [6.07, 6.45) is 0. The molecule has 5 heteroatoms. The van der Waals surface area contributed by atoms with Crippen molar-refractivity contribution in [3.05, 3.63) is 72.2 Å². The molecule has 3 aromatic rings. The lowest BCUT2D eigenvalue weighted by atomic mass is 10.1. The van der Waals surface area contributed by atoms with Gasteiger partial charge in [-0.15, -0.1) is 0 Å². The van der Waals surface area contributed by atoms with Crippen molar-refractivity contribution in [1.29, 1.82) is 0 Å². The summed E-state index contributed by atoms with van der Waals surface area (Å²) >= 11 is 0. The van der Waals surface area contributed by atoms with E-state index < -0.39 is 5.97 Å². The Balaban J connectivity index is 1.82. The molecule has 0 radical (unpaired) electrons. The van der Waals surface area contributed by atoms with Crippen LogP contribution in [0.15, 0.2) is 60.7 Å². The number of hydrogen-bond donors (Lipinski definition) is 1. The lowest BCUT2D eigenvalue weighted by molar-refractivity contribution is 0.0686. The molecule has 0 aliphatic rings. The standard InChI is InChI=1S/C18H14FNO3/c1-20-16(10-11-17(20)18(21)22)12-2-6-14(7-3-12)23-15-8-4-13(19)5-9-15/h2-11H,1H3,(H,21,22). The van der Waals surface area contributed by atoms with Gasteiger partial charge in [-0.3, -0.25) is 0 Å². The van der Waals surface area contributed by atoms with Gasteiger partial charge >= 0.3 is 5.97 Å². The van der Waals surface area contributed by atoms with Crippen LogP contribution in [0.3, 0.4) is 0 Å². The van der Waals surface area contributed by atoms with E-state index in [1.165, 1.54) is 12.1 Å². The first kappa shape index (κ1) is 14.8. The highest BCUT2D eigenvalue weighted by Gasteiger charge is 2.12. The van der Waals surface area contributed by atoms with E-state index in [0.717, 1.165) is 11.3 Å². The SMILES string of the molecule is Cn1c(C(=O)O)ccc1-c1ccc(Oc2ccc(F)cc2)cc1. The summed E-state index contributed by atoms with van der Waals surface area (Å²) in [6, 6.07) is 16.4. The second-order valence-electron chi connectivity index (χ2n) is 5.05. The zero-order valence-electron chi connectivity index (χ0n) is 12.4. The summed E-state index contributed by atoms with van der Waals surface area (Å²) in [6.45, 7) is 0. The van der Waals surface area contributed by atoms with E-state index in [1.807, 2.05) is 12.1 Å². The number of hydrogen-bond acceptors (Lipinski definition) is 2. The van der Waals surface area contributed by atoms with Gasteiger partial charge in [0.1, 0.15) is 23.0 Å². The number of aromatic carboxylic acids is 1. The van der Waals surface area contributed by atoms with Crippen LogP contribution in [-0.4, -0.2) is 15.6 Å². The van der Waals surface area contributed by atoms with Crippen LogP contribution in [0, 0.1) is 5.82 Å². The predicted octanol–water partition coefficient (Wildman–Crippen LogP) is 4.32. The minimum atomic E-state index is -0.963. The highest BCUT2D eigenvalue weighted by molar-refractivity contribution is 5.87. The monoisotopic (exact) mass is 311 g/mol. The van der Waals surface area contributed by atoms with E-state index in [2.05, 4.69) is 0 Å².